The van der Waals surface area contributed by atoms with E-state index in [2.05, 4.69) is 11.9 Å². The van der Waals surface area contributed by atoms with Gasteiger partial charge in [-0.15, -0.1) is 0 Å². The van der Waals surface area contributed by atoms with Gasteiger partial charge in [0.15, 0.2) is 5.78 Å². The van der Waals surface area contributed by atoms with E-state index in [1.807, 2.05) is 37.3 Å². The number of allylic oxidation sites excluding steroid dienone is 1. The zero-order chi connectivity index (χ0) is 27.6. The van der Waals surface area contributed by atoms with Crippen LogP contribution in [0, 0.1) is 29.1 Å². The molecule has 38 heavy (non-hydrogen) atoms. The Bertz CT molecular complexity index is 1180. The number of fused-ring (bicyclic) bond motifs is 1. The lowest BCUT2D eigenvalue weighted by molar-refractivity contribution is -0.175. The highest BCUT2D eigenvalue weighted by Crippen LogP contribution is 2.61. The number of rotatable bonds is 3. The maximum atomic E-state index is 14.3. The molecular formula is C30H37NO7. The van der Waals surface area contributed by atoms with Crippen molar-refractivity contribution in [1.82, 2.24) is 5.32 Å². The van der Waals surface area contributed by atoms with E-state index < -0.39 is 59.2 Å². The second-order valence-corrected chi connectivity index (χ2v) is 11.7. The molecule has 8 heteroatoms. The van der Waals surface area contributed by atoms with Crippen molar-refractivity contribution in [2.24, 2.45) is 29.1 Å². The topological polar surface area (TPSA) is 125 Å². The average molecular weight is 524 g/mol. The Labute approximate surface area is 223 Å². The third-order valence-electron chi connectivity index (χ3n) is 9.31. The Morgan fingerprint density at radius 3 is 2.58 bits per heavy atom. The molecule has 2 aliphatic carbocycles. The van der Waals surface area contributed by atoms with Crippen molar-refractivity contribution in [1.29, 1.82) is 0 Å². The molecule has 11 atom stereocenters. The standard InChI is InChI=1S/C30H37NO7/c1-15-10-9-13-20-23(33)17(3)16(2)22-21(14-19-11-7-6-8-12-19)31-28(35)30(20,22)27(37-18(4)32)24-26(38-24)29(5,36)25(15)34/h6-9,11-13,15-16,20-24,26-27,33,36H,3,10,14H2,1-2,4-5H3,(H,31,35)/b13-9+/t15-,16+,20-,21-,22-,23+,24-,26+,27+,29-,30-/m0/s1. The molecule has 0 unspecified atom stereocenters. The van der Waals surface area contributed by atoms with Gasteiger partial charge in [-0.05, 0) is 36.8 Å². The van der Waals surface area contributed by atoms with Gasteiger partial charge in [-0.1, -0.05) is 62.9 Å². The van der Waals surface area contributed by atoms with Crippen LogP contribution in [-0.4, -0.2) is 63.9 Å². The summed E-state index contributed by atoms with van der Waals surface area (Å²) in [6.07, 6.45) is 0.350. The Morgan fingerprint density at radius 1 is 1.24 bits per heavy atom. The van der Waals surface area contributed by atoms with Crippen LogP contribution in [0.5, 0.6) is 0 Å². The number of amides is 1. The first-order valence-electron chi connectivity index (χ1n) is 13.4. The van der Waals surface area contributed by atoms with Crippen molar-refractivity contribution < 1.29 is 34.1 Å². The number of hydrogen-bond acceptors (Lipinski definition) is 7. The van der Waals surface area contributed by atoms with Gasteiger partial charge in [0.25, 0.3) is 0 Å². The van der Waals surface area contributed by atoms with Crippen molar-refractivity contribution in [3.05, 3.63) is 60.2 Å². The minimum atomic E-state index is -1.83. The summed E-state index contributed by atoms with van der Waals surface area (Å²) in [6.45, 7) is 10.6. The summed E-state index contributed by atoms with van der Waals surface area (Å²) < 4.78 is 11.9. The van der Waals surface area contributed by atoms with E-state index in [1.54, 1.807) is 19.1 Å². The molecule has 1 aromatic carbocycles. The molecular weight excluding hydrogens is 486 g/mol. The first-order chi connectivity index (χ1) is 17.9. The van der Waals surface area contributed by atoms with Crippen molar-refractivity contribution in [3.8, 4) is 0 Å². The van der Waals surface area contributed by atoms with Gasteiger partial charge in [0.2, 0.25) is 5.91 Å². The number of ether oxygens (including phenoxy) is 2. The van der Waals surface area contributed by atoms with E-state index in [9.17, 15) is 24.6 Å². The number of carbonyl (C=O) groups excluding carboxylic acids is 3. The first kappa shape index (κ1) is 26.8. The van der Waals surface area contributed by atoms with Crippen molar-refractivity contribution >= 4 is 17.7 Å². The quantitative estimate of drug-likeness (QED) is 0.315. The Balaban J connectivity index is 1.70. The van der Waals surface area contributed by atoms with Crippen LogP contribution < -0.4 is 5.32 Å². The van der Waals surface area contributed by atoms with E-state index >= 15 is 0 Å². The summed E-state index contributed by atoms with van der Waals surface area (Å²) in [5.41, 5.74) is -1.60. The Hall–Kier alpha value is -2.81. The number of esters is 1. The summed E-state index contributed by atoms with van der Waals surface area (Å²) in [5.74, 6) is -3.34. The molecule has 5 rings (SSSR count). The summed E-state index contributed by atoms with van der Waals surface area (Å²) in [7, 11) is 0. The molecule has 0 bridgehead atoms. The highest BCUT2D eigenvalue weighted by Gasteiger charge is 2.74. The fourth-order valence-electron chi connectivity index (χ4n) is 7.41. The number of aliphatic hydroxyl groups is 2. The molecule has 1 aromatic rings. The molecule has 0 radical (unpaired) electrons. The number of ketones is 1. The summed E-state index contributed by atoms with van der Waals surface area (Å²) in [5, 5.41) is 26.0. The normalized spacial score (nSPS) is 45.1. The van der Waals surface area contributed by atoms with Crippen molar-refractivity contribution in [3.63, 3.8) is 0 Å². The molecule has 3 N–H and O–H groups in total. The third kappa shape index (κ3) is 3.96. The van der Waals surface area contributed by atoms with Gasteiger partial charge in [-0.25, -0.2) is 0 Å². The molecule has 204 valence electrons. The fourth-order valence-corrected chi connectivity index (χ4v) is 7.41. The number of aliphatic hydroxyl groups excluding tert-OH is 1. The number of epoxide rings is 1. The minimum absolute atomic E-state index is 0.302. The Morgan fingerprint density at radius 2 is 1.92 bits per heavy atom. The zero-order valence-corrected chi connectivity index (χ0v) is 22.3. The smallest absolute Gasteiger partial charge is 0.303 e. The maximum Gasteiger partial charge on any atom is 0.303 e. The first-order valence-corrected chi connectivity index (χ1v) is 13.4. The molecule has 1 amide bonds. The summed E-state index contributed by atoms with van der Waals surface area (Å²) in [4.78, 5) is 40.0. The molecule has 2 saturated heterocycles. The Kier molecular flexibility index (Phi) is 6.65. The van der Waals surface area contributed by atoms with Crippen LogP contribution in [0.15, 0.2) is 54.6 Å². The largest absolute Gasteiger partial charge is 0.458 e. The maximum absolute atomic E-state index is 14.3. The molecule has 3 fully saturated rings. The number of benzene rings is 1. The number of Topliss-reactive ketones (excluding diaryl/α,β-unsaturated/α-hetero) is 1. The molecule has 4 aliphatic rings. The van der Waals surface area contributed by atoms with Crippen LogP contribution in [0.4, 0.5) is 0 Å². The van der Waals surface area contributed by atoms with Crippen molar-refractivity contribution in [2.75, 3.05) is 0 Å². The average Bonchev–Trinajstić information content (AvgIpc) is 3.62. The monoisotopic (exact) mass is 523 g/mol. The molecule has 8 nitrogen and oxygen atoms in total. The predicted molar refractivity (Wildman–Crippen MR) is 139 cm³/mol. The van der Waals surface area contributed by atoms with Crippen LogP contribution in [0.25, 0.3) is 0 Å². The van der Waals surface area contributed by atoms with Crippen molar-refractivity contribution in [2.45, 2.75) is 76.6 Å². The molecule has 1 spiro atoms. The second-order valence-electron chi connectivity index (χ2n) is 11.7. The van der Waals surface area contributed by atoms with Gasteiger partial charge in [0, 0.05) is 30.7 Å². The lowest BCUT2D eigenvalue weighted by Crippen LogP contribution is -2.62. The van der Waals surface area contributed by atoms with Gasteiger partial charge in [0.05, 0.1) is 6.10 Å². The highest BCUT2D eigenvalue weighted by atomic mass is 16.6. The molecule has 1 saturated carbocycles. The van der Waals surface area contributed by atoms with E-state index in [4.69, 9.17) is 9.47 Å². The van der Waals surface area contributed by atoms with Gasteiger partial charge in [-0.2, -0.15) is 0 Å². The van der Waals surface area contributed by atoms with Gasteiger partial charge in [0.1, 0.15) is 29.3 Å². The van der Waals surface area contributed by atoms with E-state index in [-0.39, 0.29) is 23.7 Å². The van der Waals surface area contributed by atoms with Crippen LogP contribution in [-0.2, 0) is 30.3 Å². The van der Waals surface area contributed by atoms with Crippen LogP contribution in [0.1, 0.15) is 39.7 Å². The van der Waals surface area contributed by atoms with Gasteiger partial charge in [-0.3, -0.25) is 14.4 Å². The number of carbonyl (C=O) groups is 3. The summed E-state index contributed by atoms with van der Waals surface area (Å²) >= 11 is 0. The molecule has 2 heterocycles. The van der Waals surface area contributed by atoms with E-state index in [1.165, 1.54) is 13.8 Å². The molecule has 2 aliphatic heterocycles. The lowest BCUT2D eigenvalue weighted by Gasteiger charge is -2.52. The van der Waals surface area contributed by atoms with Crippen LogP contribution >= 0.6 is 0 Å². The lowest BCUT2D eigenvalue weighted by atomic mass is 9.51. The van der Waals surface area contributed by atoms with Gasteiger partial charge >= 0.3 is 5.97 Å². The van der Waals surface area contributed by atoms with Crippen LogP contribution in [0.3, 0.4) is 0 Å². The van der Waals surface area contributed by atoms with E-state index in [0.717, 1.165) is 5.56 Å². The highest BCUT2D eigenvalue weighted by molar-refractivity contribution is 5.91. The number of nitrogens with one attached hydrogen (secondary N) is 1. The van der Waals surface area contributed by atoms with Crippen LogP contribution in [0.2, 0.25) is 0 Å². The summed E-state index contributed by atoms with van der Waals surface area (Å²) in [6, 6.07) is 9.48. The van der Waals surface area contributed by atoms with Gasteiger partial charge < -0.3 is 25.0 Å². The predicted octanol–water partition coefficient (Wildman–Crippen LogP) is 2.13. The van der Waals surface area contributed by atoms with E-state index in [0.29, 0.717) is 18.4 Å². The second kappa shape index (κ2) is 9.43. The minimum Gasteiger partial charge on any atom is -0.458 e. The SMILES string of the molecule is C=C1[C@@H](C)[C@H]2[C@H](Cc3ccccc3)NC(=O)[C@]23[C@H](OC(C)=O)[C@H]2O[C@H]2[C@@](C)(O)C(=O)[C@@H](C)C/C=C/[C@H]3[C@@H]1O. The zero-order valence-electron chi connectivity index (χ0n) is 22.3. The fraction of sp³-hybridized carbons (Fsp3) is 0.567. The molecule has 0 aromatic heterocycles. The third-order valence-corrected chi connectivity index (χ3v) is 9.31. The number of hydrogen-bond donors (Lipinski definition) is 3.